The number of methoxy groups -OCH3 is 1. The van der Waals surface area contributed by atoms with E-state index < -0.39 is 5.97 Å². The summed E-state index contributed by atoms with van der Waals surface area (Å²) in [5, 5.41) is 0.580. The summed E-state index contributed by atoms with van der Waals surface area (Å²) in [5.41, 5.74) is 0.801. The Morgan fingerprint density at radius 2 is 1.95 bits per heavy atom. The third-order valence-corrected chi connectivity index (χ3v) is 4.60. The van der Waals surface area contributed by atoms with E-state index in [0.717, 1.165) is 16.9 Å². The van der Waals surface area contributed by atoms with Gasteiger partial charge in [-0.2, -0.15) is 0 Å². The van der Waals surface area contributed by atoms with Crippen LogP contribution in [0.3, 0.4) is 0 Å². The zero-order chi connectivity index (χ0) is 16.3. The summed E-state index contributed by atoms with van der Waals surface area (Å²) < 4.78 is 10.6. The molecule has 1 atom stereocenters. The molecule has 0 N–H and O–H groups in total. The lowest BCUT2D eigenvalue weighted by atomic mass is 10.1. The van der Waals surface area contributed by atoms with E-state index in [1.54, 1.807) is 12.1 Å². The molecule has 2 rings (SSSR count). The van der Waals surface area contributed by atoms with Crippen molar-refractivity contribution in [3.63, 3.8) is 0 Å². The number of carbonyl (C=O) groups is 2. The van der Waals surface area contributed by atoms with E-state index in [1.807, 2.05) is 25.1 Å². The number of halogens is 1. The van der Waals surface area contributed by atoms with E-state index in [1.165, 1.54) is 14.0 Å². The molecule has 1 unspecified atom stereocenters. The first-order chi connectivity index (χ1) is 10.4. The van der Waals surface area contributed by atoms with Gasteiger partial charge in [-0.05, 0) is 19.9 Å². The van der Waals surface area contributed by atoms with Gasteiger partial charge >= 0.3 is 5.97 Å². The molecule has 0 radical (unpaired) electrons. The van der Waals surface area contributed by atoms with Crippen molar-refractivity contribution < 1.29 is 19.1 Å². The van der Waals surface area contributed by atoms with Gasteiger partial charge in [-0.1, -0.05) is 29.8 Å². The van der Waals surface area contributed by atoms with Crippen LogP contribution in [0.4, 0.5) is 0 Å². The Morgan fingerprint density at radius 1 is 1.27 bits per heavy atom. The lowest BCUT2D eigenvalue weighted by Crippen LogP contribution is -2.07. The fourth-order valence-electron chi connectivity index (χ4n) is 1.93. The molecule has 0 amide bonds. The summed E-state index contributed by atoms with van der Waals surface area (Å²) in [6.07, 6.45) is -0.369. The molecule has 0 bridgehead atoms. The Hall–Kier alpha value is -1.85. The molecule has 0 saturated carbocycles. The van der Waals surface area contributed by atoms with Crippen LogP contribution in [0, 0.1) is 0 Å². The van der Waals surface area contributed by atoms with Crippen LogP contribution in [0.2, 0.25) is 5.02 Å². The fraction of sp³-hybridized carbons (Fsp3) is 0.250. The highest BCUT2D eigenvalue weighted by molar-refractivity contribution is 7.16. The molecule has 0 spiro atoms. The number of esters is 1. The monoisotopic (exact) mass is 338 g/mol. The van der Waals surface area contributed by atoms with Gasteiger partial charge in [0.05, 0.1) is 12.0 Å². The van der Waals surface area contributed by atoms with Gasteiger partial charge in [0.1, 0.15) is 11.9 Å². The normalized spacial score (nSPS) is 11.8. The molecule has 0 aliphatic heterocycles. The van der Waals surface area contributed by atoms with E-state index in [0.29, 0.717) is 15.6 Å². The number of ether oxygens (including phenoxy) is 2. The van der Waals surface area contributed by atoms with Crippen molar-refractivity contribution in [1.29, 1.82) is 0 Å². The minimum atomic E-state index is -0.529. The average molecular weight is 339 g/mol. The summed E-state index contributed by atoms with van der Waals surface area (Å²) >= 11 is 7.21. The topological polar surface area (TPSA) is 52.6 Å². The number of benzene rings is 1. The van der Waals surface area contributed by atoms with Gasteiger partial charge in [0.15, 0.2) is 10.7 Å². The highest BCUT2D eigenvalue weighted by atomic mass is 35.5. The van der Waals surface area contributed by atoms with Gasteiger partial charge in [0.25, 0.3) is 0 Å². The Morgan fingerprint density at radius 3 is 2.55 bits per heavy atom. The molecule has 116 valence electrons. The molecule has 0 saturated heterocycles. The van der Waals surface area contributed by atoms with Crippen LogP contribution in [-0.4, -0.2) is 18.9 Å². The van der Waals surface area contributed by atoms with Gasteiger partial charge in [-0.15, -0.1) is 11.3 Å². The zero-order valence-electron chi connectivity index (χ0n) is 12.4. The SMILES string of the molecule is COC(=O)c1sc(C(C)=O)cc1OC(C)c1ccccc1Cl. The number of ketones is 1. The maximum atomic E-state index is 11.8. The first-order valence-corrected chi connectivity index (χ1v) is 7.77. The summed E-state index contributed by atoms with van der Waals surface area (Å²) in [5.74, 6) is -0.330. The standard InChI is InChI=1S/C16H15ClO4S/c1-9(18)14-8-13(15(22-14)16(19)20-3)21-10(2)11-6-4-5-7-12(11)17/h4-8,10H,1-3H3. The maximum Gasteiger partial charge on any atom is 0.351 e. The van der Waals surface area contributed by atoms with Gasteiger partial charge in [0, 0.05) is 16.7 Å². The van der Waals surface area contributed by atoms with Crippen molar-refractivity contribution in [2.45, 2.75) is 20.0 Å². The minimum absolute atomic E-state index is 0.129. The van der Waals surface area contributed by atoms with Crippen LogP contribution in [0.15, 0.2) is 30.3 Å². The summed E-state index contributed by atoms with van der Waals surface area (Å²) in [6.45, 7) is 3.27. The van der Waals surface area contributed by atoms with Crippen molar-refractivity contribution >= 4 is 34.7 Å². The molecule has 0 aliphatic carbocycles. The van der Waals surface area contributed by atoms with Crippen LogP contribution in [0.1, 0.15) is 44.9 Å². The maximum absolute atomic E-state index is 11.8. The Labute approximate surface area is 137 Å². The second kappa shape index (κ2) is 6.94. The van der Waals surface area contributed by atoms with E-state index in [-0.39, 0.29) is 16.8 Å². The molecular weight excluding hydrogens is 324 g/mol. The van der Waals surface area contributed by atoms with Crippen molar-refractivity contribution in [3.8, 4) is 5.75 Å². The number of Topliss-reactive ketones (excluding diaryl/α,β-unsaturated/α-hetero) is 1. The van der Waals surface area contributed by atoms with E-state index in [9.17, 15) is 9.59 Å². The molecule has 22 heavy (non-hydrogen) atoms. The van der Waals surface area contributed by atoms with E-state index in [4.69, 9.17) is 21.1 Å². The minimum Gasteiger partial charge on any atom is -0.484 e. The Bertz CT molecular complexity index is 708. The van der Waals surface area contributed by atoms with Gasteiger partial charge in [0.2, 0.25) is 0 Å². The van der Waals surface area contributed by atoms with E-state index in [2.05, 4.69) is 0 Å². The molecule has 6 heteroatoms. The van der Waals surface area contributed by atoms with Crippen LogP contribution < -0.4 is 4.74 Å². The second-order valence-corrected chi connectivity index (χ2v) is 6.09. The smallest absolute Gasteiger partial charge is 0.351 e. The van der Waals surface area contributed by atoms with Crippen molar-refractivity contribution in [2.75, 3.05) is 7.11 Å². The number of thiophene rings is 1. The molecule has 1 heterocycles. The molecular formula is C16H15ClO4S. The van der Waals surface area contributed by atoms with Crippen LogP contribution in [0.25, 0.3) is 0 Å². The molecule has 1 aromatic heterocycles. The molecule has 4 nitrogen and oxygen atoms in total. The Balaban J connectivity index is 2.34. The third kappa shape index (κ3) is 3.48. The molecule has 1 aromatic carbocycles. The molecule has 0 fully saturated rings. The number of rotatable bonds is 5. The van der Waals surface area contributed by atoms with Crippen molar-refractivity contribution in [2.24, 2.45) is 0 Å². The molecule has 0 aliphatic rings. The first kappa shape index (κ1) is 16.5. The van der Waals surface area contributed by atoms with Crippen molar-refractivity contribution in [3.05, 3.63) is 50.7 Å². The number of hydrogen-bond acceptors (Lipinski definition) is 5. The molecule has 2 aromatic rings. The fourth-order valence-corrected chi connectivity index (χ4v) is 3.12. The number of carbonyl (C=O) groups excluding carboxylic acids is 2. The van der Waals surface area contributed by atoms with Crippen LogP contribution in [-0.2, 0) is 4.74 Å². The second-order valence-electron chi connectivity index (χ2n) is 4.63. The van der Waals surface area contributed by atoms with Gasteiger partial charge in [-0.3, -0.25) is 4.79 Å². The highest BCUT2D eigenvalue weighted by Gasteiger charge is 2.22. The van der Waals surface area contributed by atoms with Crippen molar-refractivity contribution in [1.82, 2.24) is 0 Å². The lowest BCUT2D eigenvalue weighted by molar-refractivity contribution is 0.0600. The first-order valence-electron chi connectivity index (χ1n) is 6.58. The summed E-state index contributed by atoms with van der Waals surface area (Å²) in [4.78, 5) is 24.1. The summed E-state index contributed by atoms with van der Waals surface area (Å²) in [6, 6.07) is 8.87. The largest absolute Gasteiger partial charge is 0.484 e. The van der Waals surface area contributed by atoms with Crippen LogP contribution in [0.5, 0.6) is 5.75 Å². The van der Waals surface area contributed by atoms with Gasteiger partial charge < -0.3 is 9.47 Å². The van der Waals surface area contributed by atoms with Crippen LogP contribution >= 0.6 is 22.9 Å². The lowest BCUT2D eigenvalue weighted by Gasteiger charge is -2.16. The predicted molar refractivity (Wildman–Crippen MR) is 86.2 cm³/mol. The average Bonchev–Trinajstić information content (AvgIpc) is 2.91. The number of hydrogen-bond donors (Lipinski definition) is 0. The quantitative estimate of drug-likeness (QED) is 0.593. The third-order valence-electron chi connectivity index (χ3n) is 3.06. The summed E-state index contributed by atoms with van der Waals surface area (Å²) in [7, 11) is 1.29. The zero-order valence-corrected chi connectivity index (χ0v) is 14.0. The van der Waals surface area contributed by atoms with E-state index >= 15 is 0 Å². The van der Waals surface area contributed by atoms with Gasteiger partial charge in [-0.25, -0.2) is 4.79 Å². The Kier molecular flexibility index (Phi) is 5.21. The highest BCUT2D eigenvalue weighted by Crippen LogP contribution is 2.35. The predicted octanol–water partition coefficient (Wildman–Crippen LogP) is 4.53.